The highest BCUT2D eigenvalue weighted by Crippen LogP contribution is 2.32. The van der Waals surface area contributed by atoms with Crippen LogP contribution in [-0.4, -0.2) is 49.3 Å². The second-order valence-corrected chi connectivity index (χ2v) is 7.28. The SMILES string of the molecule is CC(C1CCOCC1)N1CCCNC2(CCCCC2)C1. The summed E-state index contributed by atoms with van der Waals surface area (Å²) in [5, 5.41) is 3.92. The van der Waals surface area contributed by atoms with Gasteiger partial charge in [-0.25, -0.2) is 0 Å². The van der Waals surface area contributed by atoms with Gasteiger partial charge in [0.1, 0.15) is 0 Å². The number of nitrogens with one attached hydrogen (secondary N) is 1. The first-order chi connectivity index (χ1) is 9.79. The van der Waals surface area contributed by atoms with Crippen LogP contribution < -0.4 is 5.32 Å². The quantitative estimate of drug-likeness (QED) is 0.842. The summed E-state index contributed by atoms with van der Waals surface area (Å²) in [6.07, 6.45) is 10.9. The minimum Gasteiger partial charge on any atom is -0.381 e. The predicted octanol–water partition coefficient (Wildman–Crippen LogP) is 2.80. The van der Waals surface area contributed by atoms with Crippen LogP contribution in [0.1, 0.15) is 58.3 Å². The van der Waals surface area contributed by atoms with Crippen LogP contribution in [0.25, 0.3) is 0 Å². The average Bonchev–Trinajstić information content (AvgIpc) is 2.71. The molecule has 1 saturated carbocycles. The van der Waals surface area contributed by atoms with Gasteiger partial charge in [0.25, 0.3) is 0 Å². The average molecular weight is 280 g/mol. The van der Waals surface area contributed by atoms with E-state index < -0.39 is 0 Å². The lowest BCUT2D eigenvalue weighted by molar-refractivity contribution is 0.0230. The van der Waals surface area contributed by atoms with Crippen LogP contribution in [0.5, 0.6) is 0 Å². The van der Waals surface area contributed by atoms with Gasteiger partial charge in [-0.2, -0.15) is 0 Å². The van der Waals surface area contributed by atoms with Gasteiger partial charge in [-0.15, -0.1) is 0 Å². The molecule has 0 aromatic heterocycles. The van der Waals surface area contributed by atoms with Crippen molar-refractivity contribution in [2.24, 2.45) is 5.92 Å². The minimum atomic E-state index is 0.439. The van der Waals surface area contributed by atoms with Crippen molar-refractivity contribution in [2.45, 2.75) is 69.9 Å². The Labute approximate surface area is 124 Å². The Balaban J connectivity index is 1.64. The smallest absolute Gasteiger partial charge is 0.0469 e. The molecule has 0 bridgehead atoms. The van der Waals surface area contributed by atoms with E-state index in [4.69, 9.17) is 4.74 Å². The van der Waals surface area contributed by atoms with Crippen molar-refractivity contribution in [2.75, 3.05) is 32.8 Å². The van der Waals surface area contributed by atoms with Crippen molar-refractivity contribution in [1.29, 1.82) is 0 Å². The highest BCUT2D eigenvalue weighted by Gasteiger charge is 2.37. The molecule has 3 heteroatoms. The van der Waals surface area contributed by atoms with E-state index in [1.165, 1.54) is 71.0 Å². The van der Waals surface area contributed by atoms with E-state index >= 15 is 0 Å². The molecule has 2 heterocycles. The number of hydrogen-bond acceptors (Lipinski definition) is 3. The molecule has 1 spiro atoms. The second kappa shape index (κ2) is 6.76. The Hall–Kier alpha value is -0.120. The normalized spacial score (nSPS) is 31.1. The molecule has 3 rings (SSSR count). The Morgan fingerprint density at radius 3 is 2.60 bits per heavy atom. The Kier molecular flexibility index (Phi) is 5.00. The van der Waals surface area contributed by atoms with E-state index in [-0.39, 0.29) is 0 Å². The molecule has 1 unspecified atom stereocenters. The third-order valence-electron chi connectivity index (χ3n) is 5.96. The van der Waals surface area contributed by atoms with E-state index in [0.29, 0.717) is 5.54 Å². The van der Waals surface area contributed by atoms with Crippen molar-refractivity contribution in [3.8, 4) is 0 Å². The summed E-state index contributed by atoms with van der Waals surface area (Å²) in [5.74, 6) is 0.850. The summed E-state index contributed by atoms with van der Waals surface area (Å²) in [6, 6.07) is 0.734. The molecule has 3 fully saturated rings. The molecule has 0 aromatic carbocycles. The van der Waals surface area contributed by atoms with Crippen LogP contribution in [-0.2, 0) is 4.74 Å². The minimum absolute atomic E-state index is 0.439. The third-order valence-corrected chi connectivity index (χ3v) is 5.96. The summed E-state index contributed by atoms with van der Waals surface area (Å²) in [5.41, 5.74) is 0.439. The van der Waals surface area contributed by atoms with E-state index in [9.17, 15) is 0 Å². The van der Waals surface area contributed by atoms with Crippen molar-refractivity contribution in [3.05, 3.63) is 0 Å². The highest BCUT2D eigenvalue weighted by molar-refractivity contribution is 4.97. The van der Waals surface area contributed by atoms with Crippen LogP contribution in [0.3, 0.4) is 0 Å². The first kappa shape index (κ1) is 14.8. The number of rotatable bonds is 2. The number of hydrogen-bond donors (Lipinski definition) is 1. The first-order valence-corrected chi connectivity index (χ1v) is 8.86. The molecule has 1 N–H and O–H groups in total. The number of ether oxygens (including phenoxy) is 1. The van der Waals surface area contributed by atoms with Crippen molar-refractivity contribution in [3.63, 3.8) is 0 Å². The molecular weight excluding hydrogens is 248 g/mol. The Morgan fingerprint density at radius 1 is 1.10 bits per heavy atom. The van der Waals surface area contributed by atoms with Gasteiger partial charge in [-0.3, -0.25) is 4.90 Å². The summed E-state index contributed by atoms with van der Waals surface area (Å²) in [4.78, 5) is 2.81. The maximum Gasteiger partial charge on any atom is 0.0469 e. The van der Waals surface area contributed by atoms with Crippen LogP contribution in [0.15, 0.2) is 0 Å². The molecule has 1 aliphatic carbocycles. The molecule has 0 aromatic rings. The molecule has 0 amide bonds. The monoisotopic (exact) mass is 280 g/mol. The van der Waals surface area contributed by atoms with E-state index in [2.05, 4.69) is 17.1 Å². The van der Waals surface area contributed by atoms with Gasteiger partial charge in [-0.05, 0) is 58.0 Å². The standard InChI is InChI=1S/C17H32N2O/c1-15(16-6-12-20-13-7-16)19-11-5-10-18-17(14-19)8-3-2-4-9-17/h15-16,18H,2-14H2,1H3. The summed E-state index contributed by atoms with van der Waals surface area (Å²) in [6.45, 7) is 8.21. The topological polar surface area (TPSA) is 24.5 Å². The second-order valence-electron chi connectivity index (χ2n) is 7.28. The van der Waals surface area contributed by atoms with E-state index in [1.807, 2.05) is 0 Å². The molecule has 0 radical (unpaired) electrons. The maximum atomic E-state index is 5.54. The van der Waals surface area contributed by atoms with Crippen LogP contribution >= 0.6 is 0 Å². The van der Waals surface area contributed by atoms with Crippen molar-refractivity contribution < 1.29 is 4.74 Å². The van der Waals surface area contributed by atoms with Gasteiger partial charge >= 0.3 is 0 Å². The lowest BCUT2D eigenvalue weighted by Crippen LogP contribution is -2.55. The lowest BCUT2D eigenvalue weighted by Gasteiger charge is -2.43. The fraction of sp³-hybridized carbons (Fsp3) is 1.00. The summed E-state index contributed by atoms with van der Waals surface area (Å²) >= 11 is 0. The fourth-order valence-electron chi connectivity index (χ4n) is 4.57. The Morgan fingerprint density at radius 2 is 1.85 bits per heavy atom. The third kappa shape index (κ3) is 3.37. The molecule has 20 heavy (non-hydrogen) atoms. The number of nitrogens with zero attached hydrogens (tertiary/aromatic N) is 1. The zero-order chi connectivity index (χ0) is 13.8. The predicted molar refractivity (Wildman–Crippen MR) is 83.0 cm³/mol. The van der Waals surface area contributed by atoms with Crippen molar-refractivity contribution >= 4 is 0 Å². The van der Waals surface area contributed by atoms with Crippen molar-refractivity contribution in [1.82, 2.24) is 10.2 Å². The van der Waals surface area contributed by atoms with Gasteiger partial charge in [0.15, 0.2) is 0 Å². The van der Waals surface area contributed by atoms with E-state index in [1.54, 1.807) is 0 Å². The summed E-state index contributed by atoms with van der Waals surface area (Å²) in [7, 11) is 0. The maximum absolute atomic E-state index is 5.54. The van der Waals surface area contributed by atoms with Gasteiger partial charge < -0.3 is 10.1 Å². The molecule has 3 nitrogen and oxygen atoms in total. The fourth-order valence-corrected chi connectivity index (χ4v) is 4.57. The summed E-state index contributed by atoms with van der Waals surface area (Å²) < 4.78 is 5.54. The van der Waals surface area contributed by atoms with Crippen LogP contribution in [0, 0.1) is 5.92 Å². The molecule has 3 aliphatic rings. The first-order valence-electron chi connectivity index (χ1n) is 8.86. The van der Waals surface area contributed by atoms with Gasteiger partial charge in [0, 0.05) is 31.3 Å². The molecule has 2 saturated heterocycles. The van der Waals surface area contributed by atoms with Gasteiger partial charge in [-0.1, -0.05) is 19.3 Å². The van der Waals surface area contributed by atoms with Crippen LogP contribution in [0.2, 0.25) is 0 Å². The molecule has 1 atom stereocenters. The highest BCUT2D eigenvalue weighted by atomic mass is 16.5. The zero-order valence-electron chi connectivity index (χ0n) is 13.2. The zero-order valence-corrected chi connectivity index (χ0v) is 13.2. The van der Waals surface area contributed by atoms with Gasteiger partial charge in [0.2, 0.25) is 0 Å². The molecule has 116 valence electrons. The van der Waals surface area contributed by atoms with Crippen LogP contribution in [0.4, 0.5) is 0 Å². The van der Waals surface area contributed by atoms with Gasteiger partial charge in [0.05, 0.1) is 0 Å². The lowest BCUT2D eigenvalue weighted by atomic mass is 9.80. The molecular formula is C17H32N2O. The largest absolute Gasteiger partial charge is 0.381 e. The van der Waals surface area contributed by atoms with E-state index in [0.717, 1.165) is 25.2 Å². The Bertz CT molecular complexity index is 295. The molecule has 2 aliphatic heterocycles.